The van der Waals surface area contributed by atoms with Gasteiger partial charge in [0.1, 0.15) is 0 Å². The molecule has 0 aliphatic carbocycles. The first-order valence-corrected chi connectivity index (χ1v) is 6.74. The highest BCUT2D eigenvalue weighted by Crippen LogP contribution is 2.23. The number of hydrogen-bond acceptors (Lipinski definition) is 6. The highest BCUT2D eigenvalue weighted by molar-refractivity contribution is 8.13. The number of aromatic nitrogens is 2. The summed E-state index contributed by atoms with van der Waals surface area (Å²) < 4.78 is 0. The number of halogens is 1. The lowest BCUT2D eigenvalue weighted by atomic mass is 10.2. The molecule has 2 rings (SSSR count). The molecule has 7 heteroatoms. The van der Waals surface area contributed by atoms with E-state index in [9.17, 15) is 4.79 Å². The second-order valence-electron chi connectivity index (χ2n) is 3.70. The molecule has 1 aromatic heterocycles. The third-order valence-corrected chi connectivity index (χ3v) is 3.52. The van der Waals surface area contributed by atoms with Gasteiger partial charge in [-0.1, -0.05) is 53.7 Å². The summed E-state index contributed by atoms with van der Waals surface area (Å²) in [5, 5.41) is -0.298. The molecular formula is C12H11ClN4OS. The fourth-order valence-corrected chi connectivity index (χ4v) is 2.29. The average molecular weight is 295 g/mol. The molecular weight excluding hydrogens is 284 g/mol. The minimum Gasteiger partial charge on any atom is -0.382 e. The largest absolute Gasteiger partial charge is 0.382 e. The van der Waals surface area contributed by atoms with Crippen molar-refractivity contribution in [3.05, 3.63) is 46.7 Å². The molecule has 0 aliphatic heterocycles. The average Bonchev–Trinajstić information content (AvgIpc) is 2.41. The van der Waals surface area contributed by atoms with Crippen LogP contribution < -0.4 is 11.5 Å². The number of hydrogen-bond donors (Lipinski definition) is 2. The second kappa shape index (κ2) is 5.90. The van der Waals surface area contributed by atoms with E-state index in [0.29, 0.717) is 5.75 Å². The Hall–Kier alpha value is -1.79. The lowest BCUT2D eigenvalue weighted by Crippen LogP contribution is -2.09. The summed E-state index contributed by atoms with van der Waals surface area (Å²) in [6.45, 7) is 0. The standard InChI is InChI=1S/C12H11ClN4OS/c13-9-11(15)17-10(14)8(16-9)12(18)19-6-7-4-2-1-3-5-7/h1-5H,6H2,(H4,14,15,17). The minimum atomic E-state index is -0.282. The fraction of sp³-hybridized carbons (Fsp3) is 0.0833. The molecule has 0 bridgehead atoms. The summed E-state index contributed by atoms with van der Waals surface area (Å²) >= 11 is 6.82. The molecule has 0 atom stereocenters. The Morgan fingerprint density at radius 2 is 1.84 bits per heavy atom. The summed E-state index contributed by atoms with van der Waals surface area (Å²) in [5.41, 5.74) is 12.1. The van der Waals surface area contributed by atoms with Gasteiger partial charge in [0.15, 0.2) is 22.5 Å². The van der Waals surface area contributed by atoms with Crippen molar-refractivity contribution >= 4 is 40.1 Å². The minimum absolute atomic E-state index is 0.00698. The summed E-state index contributed by atoms with van der Waals surface area (Å²) in [6.07, 6.45) is 0. The van der Waals surface area contributed by atoms with E-state index in [-0.39, 0.29) is 27.6 Å². The zero-order chi connectivity index (χ0) is 13.8. The Morgan fingerprint density at radius 1 is 1.16 bits per heavy atom. The summed E-state index contributed by atoms with van der Waals surface area (Å²) in [7, 11) is 0. The monoisotopic (exact) mass is 294 g/mol. The van der Waals surface area contributed by atoms with Gasteiger partial charge in [0.05, 0.1) is 0 Å². The zero-order valence-electron chi connectivity index (χ0n) is 9.84. The highest BCUT2D eigenvalue weighted by atomic mass is 35.5. The van der Waals surface area contributed by atoms with Gasteiger partial charge in [0, 0.05) is 5.75 Å². The van der Waals surface area contributed by atoms with Gasteiger partial charge in [-0.3, -0.25) is 4.79 Å². The number of carbonyl (C=O) groups excluding carboxylic acids is 1. The van der Waals surface area contributed by atoms with Crippen molar-refractivity contribution in [1.29, 1.82) is 0 Å². The zero-order valence-corrected chi connectivity index (χ0v) is 11.4. The van der Waals surface area contributed by atoms with Crippen molar-refractivity contribution in [2.75, 3.05) is 11.5 Å². The number of thioether (sulfide) groups is 1. The number of nitrogens with two attached hydrogens (primary N) is 2. The molecule has 4 N–H and O–H groups in total. The lowest BCUT2D eigenvalue weighted by Gasteiger charge is -2.05. The van der Waals surface area contributed by atoms with Crippen molar-refractivity contribution in [3.63, 3.8) is 0 Å². The van der Waals surface area contributed by atoms with Gasteiger partial charge in [0.25, 0.3) is 0 Å². The predicted octanol–water partition coefficient (Wildman–Crippen LogP) is 2.37. The van der Waals surface area contributed by atoms with Crippen molar-refractivity contribution in [2.24, 2.45) is 0 Å². The summed E-state index contributed by atoms with van der Waals surface area (Å²) in [4.78, 5) is 19.6. The van der Waals surface area contributed by atoms with E-state index in [4.69, 9.17) is 23.1 Å². The van der Waals surface area contributed by atoms with E-state index in [1.54, 1.807) is 0 Å². The lowest BCUT2D eigenvalue weighted by molar-refractivity contribution is 0.108. The van der Waals surface area contributed by atoms with E-state index >= 15 is 0 Å². The first kappa shape index (κ1) is 13.6. The van der Waals surface area contributed by atoms with Crippen LogP contribution in [0.5, 0.6) is 0 Å². The first-order chi connectivity index (χ1) is 9.08. The van der Waals surface area contributed by atoms with E-state index in [1.165, 1.54) is 0 Å². The molecule has 0 radical (unpaired) electrons. The van der Waals surface area contributed by atoms with Gasteiger partial charge in [-0.25, -0.2) is 9.97 Å². The molecule has 0 fully saturated rings. The van der Waals surface area contributed by atoms with E-state index in [1.807, 2.05) is 30.3 Å². The Bertz CT molecular complexity index is 606. The SMILES string of the molecule is Nc1nc(N)c(C(=O)SCc2ccccc2)nc1Cl. The van der Waals surface area contributed by atoms with Crippen molar-refractivity contribution in [2.45, 2.75) is 5.75 Å². The number of carbonyl (C=O) groups is 1. The van der Waals surface area contributed by atoms with Crippen LogP contribution in [0.2, 0.25) is 5.15 Å². The van der Waals surface area contributed by atoms with Crippen LogP contribution in [0.15, 0.2) is 30.3 Å². The number of rotatable bonds is 3. The predicted molar refractivity (Wildman–Crippen MR) is 77.9 cm³/mol. The third-order valence-electron chi connectivity index (χ3n) is 2.31. The van der Waals surface area contributed by atoms with Gasteiger partial charge in [-0.2, -0.15) is 0 Å². The first-order valence-electron chi connectivity index (χ1n) is 5.37. The Labute approximate surface area is 119 Å². The molecule has 0 aliphatic rings. The molecule has 1 heterocycles. The molecule has 5 nitrogen and oxygen atoms in total. The third kappa shape index (κ3) is 3.36. The van der Waals surface area contributed by atoms with Gasteiger partial charge in [-0.05, 0) is 5.56 Å². The quantitative estimate of drug-likeness (QED) is 0.902. The van der Waals surface area contributed by atoms with Crippen LogP contribution in [0.1, 0.15) is 16.1 Å². The number of anilines is 2. The summed E-state index contributed by atoms with van der Waals surface area (Å²) in [6, 6.07) is 9.61. The van der Waals surface area contributed by atoms with Gasteiger partial charge in [-0.15, -0.1) is 0 Å². The number of nitrogens with zero attached hydrogens (tertiary/aromatic N) is 2. The highest BCUT2D eigenvalue weighted by Gasteiger charge is 2.16. The van der Waals surface area contributed by atoms with Gasteiger partial charge < -0.3 is 11.5 Å². The van der Waals surface area contributed by atoms with Gasteiger partial charge in [0.2, 0.25) is 5.12 Å². The maximum atomic E-state index is 12.0. The molecule has 0 saturated carbocycles. The smallest absolute Gasteiger partial charge is 0.241 e. The van der Waals surface area contributed by atoms with Crippen molar-refractivity contribution in [3.8, 4) is 0 Å². The maximum Gasteiger partial charge on any atom is 0.241 e. The van der Waals surface area contributed by atoms with E-state index in [0.717, 1.165) is 17.3 Å². The van der Waals surface area contributed by atoms with Gasteiger partial charge >= 0.3 is 0 Å². The van der Waals surface area contributed by atoms with Crippen LogP contribution >= 0.6 is 23.4 Å². The Morgan fingerprint density at radius 3 is 2.53 bits per heavy atom. The van der Waals surface area contributed by atoms with Crippen molar-refractivity contribution in [1.82, 2.24) is 9.97 Å². The van der Waals surface area contributed by atoms with Crippen LogP contribution in [0.3, 0.4) is 0 Å². The number of benzene rings is 1. The normalized spacial score (nSPS) is 10.4. The molecule has 2 aromatic rings. The maximum absolute atomic E-state index is 12.0. The molecule has 0 amide bonds. The van der Waals surface area contributed by atoms with Crippen molar-refractivity contribution < 1.29 is 4.79 Å². The molecule has 19 heavy (non-hydrogen) atoms. The Balaban J connectivity index is 2.10. The second-order valence-corrected chi connectivity index (χ2v) is 5.00. The van der Waals surface area contributed by atoms with E-state index < -0.39 is 0 Å². The molecule has 98 valence electrons. The van der Waals surface area contributed by atoms with Crippen LogP contribution in [0.25, 0.3) is 0 Å². The molecule has 0 spiro atoms. The topological polar surface area (TPSA) is 94.9 Å². The number of nitrogen functional groups attached to an aromatic ring is 2. The fourth-order valence-electron chi connectivity index (χ4n) is 1.38. The molecule has 0 unspecified atom stereocenters. The summed E-state index contributed by atoms with van der Waals surface area (Å²) in [5.74, 6) is 0.541. The van der Waals surface area contributed by atoms with Crippen LogP contribution in [0.4, 0.5) is 11.6 Å². The Kier molecular flexibility index (Phi) is 4.24. The molecule has 0 saturated heterocycles. The van der Waals surface area contributed by atoms with E-state index in [2.05, 4.69) is 9.97 Å². The van der Waals surface area contributed by atoms with Crippen LogP contribution in [0, 0.1) is 0 Å². The molecule has 1 aromatic carbocycles. The van der Waals surface area contributed by atoms with Crippen LogP contribution in [-0.2, 0) is 5.75 Å². The van der Waals surface area contributed by atoms with Crippen LogP contribution in [-0.4, -0.2) is 15.1 Å².